The average molecular weight is 305 g/mol. The highest BCUT2D eigenvalue weighted by atomic mass is 32.2. The number of rotatable bonds is 1. The number of aryl methyl sites for hydroxylation is 1. The zero-order valence-electron chi connectivity index (χ0n) is 9.13. The van der Waals surface area contributed by atoms with Gasteiger partial charge in [-0.1, -0.05) is 0 Å². The number of sulfone groups is 1. The van der Waals surface area contributed by atoms with E-state index in [2.05, 4.69) is 4.98 Å². The molecule has 1 heterocycles. The zero-order valence-corrected chi connectivity index (χ0v) is 9.95. The molecule has 0 fully saturated rings. The van der Waals surface area contributed by atoms with Gasteiger partial charge in [-0.3, -0.25) is 0 Å². The van der Waals surface area contributed by atoms with Gasteiger partial charge in [0, 0.05) is 23.9 Å². The van der Waals surface area contributed by atoms with Crippen LogP contribution in [0.2, 0.25) is 0 Å². The van der Waals surface area contributed by atoms with Gasteiger partial charge in [-0.2, -0.15) is 13.2 Å². The molecule has 108 valence electrons. The third-order valence-corrected chi connectivity index (χ3v) is 4.47. The summed E-state index contributed by atoms with van der Waals surface area (Å²) in [6, 6.07) is 0. The van der Waals surface area contributed by atoms with Crippen molar-refractivity contribution in [3.05, 3.63) is 17.5 Å². The van der Waals surface area contributed by atoms with Crippen LogP contribution in [0.3, 0.4) is 0 Å². The lowest BCUT2D eigenvalue weighted by atomic mass is 9.92. The highest BCUT2D eigenvalue weighted by Crippen LogP contribution is 2.45. The number of H-pyrrole nitrogens is 1. The number of aromatic amines is 1. The summed E-state index contributed by atoms with van der Waals surface area (Å²) in [6.45, 7) is 0. The molecule has 4 nitrogen and oxygen atoms in total. The molecule has 0 saturated carbocycles. The molecule has 0 amide bonds. The Balaban J connectivity index is 2.63. The van der Waals surface area contributed by atoms with E-state index in [0.717, 1.165) is 0 Å². The molecule has 2 N–H and O–H groups in total. The van der Waals surface area contributed by atoms with Gasteiger partial charge in [0.25, 0.3) is 15.8 Å². The van der Waals surface area contributed by atoms with Gasteiger partial charge in [-0.15, -0.1) is 0 Å². The van der Waals surface area contributed by atoms with Gasteiger partial charge in [0.2, 0.25) is 0 Å². The van der Waals surface area contributed by atoms with Crippen LogP contribution in [-0.2, 0) is 16.3 Å². The van der Waals surface area contributed by atoms with Gasteiger partial charge < -0.3 is 10.1 Å². The smallest absolute Gasteiger partial charge is 0.382 e. The Kier molecular flexibility index (Phi) is 2.94. The molecule has 1 aromatic heterocycles. The SMILES string of the molecule is O=S(=O)(c1c[nH]c2c1C(O)C(F)(F)CC2)C(F)(F)F. The second-order valence-electron chi connectivity index (χ2n) is 4.16. The number of aromatic nitrogens is 1. The Bertz CT molecular complexity index is 604. The van der Waals surface area contributed by atoms with E-state index in [1.165, 1.54) is 0 Å². The van der Waals surface area contributed by atoms with Crippen LogP contribution in [0.25, 0.3) is 0 Å². The molecule has 0 radical (unpaired) electrons. The first-order chi connectivity index (χ1) is 8.48. The minimum Gasteiger partial charge on any atom is -0.382 e. The maximum Gasteiger partial charge on any atom is 0.501 e. The number of hydrogen-bond donors (Lipinski definition) is 2. The fourth-order valence-corrected chi connectivity index (χ4v) is 2.94. The first-order valence-electron chi connectivity index (χ1n) is 5.06. The summed E-state index contributed by atoms with van der Waals surface area (Å²) in [5.74, 6) is -3.66. The second kappa shape index (κ2) is 3.92. The fraction of sp³-hybridized carbons (Fsp3) is 0.556. The number of nitrogens with one attached hydrogen (secondary N) is 1. The lowest BCUT2D eigenvalue weighted by Crippen LogP contribution is -2.33. The Labute approximate surface area is 104 Å². The zero-order chi connectivity index (χ0) is 14.6. The highest BCUT2D eigenvalue weighted by molar-refractivity contribution is 7.92. The third kappa shape index (κ3) is 2.02. The molecule has 0 saturated heterocycles. The lowest BCUT2D eigenvalue weighted by Gasteiger charge is -2.28. The largest absolute Gasteiger partial charge is 0.501 e. The third-order valence-electron chi connectivity index (χ3n) is 2.94. The summed E-state index contributed by atoms with van der Waals surface area (Å²) in [7, 11) is -5.78. The number of hydrogen-bond acceptors (Lipinski definition) is 3. The van der Waals surface area contributed by atoms with E-state index in [4.69, 9.17) is 0 Å². The topological polar surface area (TPSA) is 70.2 Å². The quantitative estimate of drug-likeness (QED) is 0.779. The molecular formula is C9H8F5NO3S. The van der Waals surface area contributed by atoms with Gasteiger partial charge in [0.05, 0.1) is 4.90 Å². The standard InChI is InChI=1S/C9H8F5NO3S/c10-8(11)2-1-4-6(7(8)16)5(3-15-4)19(17,18)9(12,13)14/h3,7,15-16H,1-2H2. The molecule has 0 bridgehead atoms. The maximum atomic E-state index is 13.3. The van der Waals surface area contributed by atoms with Gasteiger partial charge in [0.15, 0.2) is 0 Å². The van der Waals surface area contributed by atoms with E-state index >= 15 is 0 Å². The fourth-order valence-electron chi connectivity index (χ4n) is 1.95. The Morgan fingerprint density at radius 2 is 1.95 bits per heavy atom. The minimum atomic E-state index is -5.78. The molecule has 1 aliphatic rings. The molecule has 2 rings (SSSR count). The number of aliphatic hydroxyl groups excluding tert-OH is 1. The average Bonchev–Trinajstić information content (AvgIpc) is 2.67. The van der Waals surface area contributed by atoms with E-state index in [0.29, 0.717) is 6.20 Å². The second-order valence-corrected chi connectivity index (χ2v) is 6.07. The Morgan fingerprint density at radius 1 is 1.37 bits per heavy atom. The monoisotopic (exact) mass is 305 g/mol. The molecule has 0 aliphatic heterocycles. The van der Waals surface area contributed by atoms with Crippen molar-refractivity contribution in [2.75, 3.05) is 0 Å². The molecule has 1 aromatic rings. The first kappa shape index (κ1) is 14.3. The van der Waals surface area contributed by atoms with Crippen LogP contribution in [-0.4, -0.2) is 29.9 Å². The molecular weight excluding hydrogens is 297 g/mol. The van der Waals surface area contributed by atoms with E-state index in [9.17, 15) is 35.5 Å². The number of fused-ring (bicyclic) bond motifs is 1. The molecule has 0 aromatic carbocycles. The van der Waals surface area contributed by atoms with Gasteiger partial charge >= 0.3 is 5.51 Å². The number of alkyl halides is 5. The van der Waals surface area contributed by atoms with Crippen molar-refractivity contribution >= 4 is 9.84 Å². The van der Waals surface area contributed by atoms with Crippen LogP contribution in [0.4, 0.5) is 22.0 Å². The van der Waals surface area contributed by atoms with Crippen LogP contribution in [0.15, 0.2) is 11.1 Å². The molecule has 1 unspecified atom stereocenters. The van der Waals surface area contributed by atoms with Crippen LogP contribution in [0, 0.1) is 0 Å². The Hall–Kier alpha value is -1.16. The normalized spacial score (nSPS) is 23.2. The van der Waals surface area contributed by atoms with Crippen molar-refractivity contribution in [2.45, 2.75) is 35.3 Å². The summed E-state index contributed by atoms with van der Waals surface area (Å²) in [5, 5.41) is 9.39. The van der Waals surface area contributed by atoms with Crippen molar-refractivity contribution < 1.29 is 35.5 Å². The number of aliphatic hydroxyl groups is 1. The van der Waals surface area contributed by atoms with Crippen LogP contribution in [0.5, 0.6) is 0 Å². The Morgan fingerprint density at radius 3 is 2.47 bits per heavy atom. The van der Waals surface area contributed by atoms with Gasteiger partial charge in [-0.05, 0) is 6.42 Å². The van der Waals surface area contributed by atoms with Crippen LogP contribution in [0.1, 0.15) is 23.8 Å². The van der Waals surface area contributed by atoms with Gasteiger partial charge in [-0.25, -0.2) is 17.2 Å². The summed E-state index contributed by atoms with van der Waals surface area (Å²) < 4.78 is 86.3. The summed E-state index contributed by atoms with van der Waals surface area (Å²) >= 11 is 0. The van der Waals surface area contributed by atoms with Crippen molar-refractivity contribution in [1.29, 1.82) is 0 Å². The van der Waals surface area contributed by atoms with Crippen LogP contribution >= 0.6 is 0 Å². The highest BCUT2D eigenvalue weighted by Gasteiger charge is 2.53. The van der Waals surface area contributed by atoms with Crippen molar-refractivity contribution in [3.8, 4) is 0 Å². The maximum absolute atomic E-state index is 13.3. The summed E-state index contributed by atoms with van der Waals surface area (Å²) in [5.41, 5.74) is -6.63. The molecule has 1 aliphatic carbocycles. The van der Waals surface area contributed by atoms with E-state index in [1.54, 1.807) is 0 Å². The first-order valence-corrected chi connectivity index (χ1v) is 6.54. The van der Waals surface area contributed by atoms with Crippen molar-refractivity contribution in [3.63, 3.8) is 0 Å². The van der Waals surface area contributed by atoms with E-state index in [-0.39, 0.29) is 12.1 Å². The van der Waals surface area contributed by atoms with Crippen LogP contribution < -0.4 is 0 Å². The molecule has 10 heteroatoms. The molecule has 1 atom stereocenters. The predicted octanol–water partition coefficient (Wildman–Crippen LogP) is 1.92. The van der Waals surface area contributed by atoms with Crippen molar-refractivity contribution in [2.24, 2.45) is 0 Å². The molecule has 19 heavy (non-hydrogen) atoms. The lowest BCUT2D eigenvalue weighted by molar-refractivity contribution is -0.123. The van der Waals surface area contributed by atoms with E-state index < -0.39 is 44.3 Å². The molecule has 0 spiro atoms. The summed E-state index contributed by atoms with van der Waals surface area (Å²) in [4.78, 5) is 0.855. The van der Waals surface area contributed by atoms with Gasteiger partial charge in [0.1, 0.15) is 6.10 Å². The van der Waals surface area contributed by atoms with E-state index in [1.807, 2.05) is 0 Å². The van der Waals surface area contributed by atoms with Crippen molar-refractivity contribution in [1.82, 2.24) is 4.98 Å². The number of halogens is 5. The summed E-state index contributed by atoms with van der Waals surface area (Å²) in [6.07, 6.45) is -3.20. The minimum absolute atomic E-state index is 0.124. The predicted molar refractivity (Wildman–Crippen MR) is 52.3 cm³/mol.